The molecule has 11 rings (SSSR count). The monoisotopic (exact) mass is 704 g/mol. The molecule has 0 radical (unpaired) electrons. The van der Waals surface area contributed by atoms with E-state index in [1.165, 1.54) is 65.1 Å². The van der Waals surface area contributed by atoms with Crippen molar-refractivity contribution in [1.29, 1.82) is 0 Å². The average Bonchev–Trinajstić information content (AvgIpc) is 3.54. The predicted octanol–water partition coefficient (Wildman–Crippen LogP) is 13.1. The maximum atomic E-state index is 5.43. The zero-order chi connectivity index (χ0) is 35.6. The summed E-state index contributed by atoms with van der Waals surface area (Å²) in [5, 5.41) is 2.37. The minimum absolute atomic E-state index is 0.469. The van der Waals surface area contributed by atoms with Crippen LogP contribution in [0.3, 0.4) is 0 Å². The Labute approximate surface area is 318 Å². The number of nitrogens with zero attached hydrogens (tertiary/aromatic N) is 2. The molecule has 2 aliphatic rings. The Morgan fingerprint density at radius 3 is 1.59 bits per heavy atom. The van der Waals surface area contributed by atoms with Gasteiger partial charge < -0.3 is 0 Å². The summed E-state index contributed by atoms with van der Waals surface area (Å²) < 4.78 is 0. The second kappa shape index (κ2) is 12.3. The Balaban J connectivity index is 1.16. The third-order valence-electron chi connectivity index (χ3n) is 11.2. The smallest absolute Gasteiger partial charge is 0.160 e. The van der Waals surface area contributed by atoms with Crippen LogP contribution in [0.5, 0.6) is 0 Å². The van der Waals surface area contributed by atoms with E-state index in [0.29, 0.717) is 5.82 Å². The van der Waals surface area contributed by atoms with Gasteiger partial charge in [0.15, 0.2) is 5.82 Å². The highest BCUT2D eigenvalue weighted by atomic mass is 32.2. The first-order chi connectivity index (χ1) is 26.8. The van der Waals surface area contributed by atoms with Crippen LogP contribution in [0, 0.1) is 0 Å². The van der Waals surface area contributed by atoms with Crippen LogP contribution < -0.4 is 0 Å². The lowest BCUT2D eigenvalue weighted by molar-refractivity contribution is 0.722. The van der Waals surface area contributed by atoms with Crippen molar-refractivity contribution in [2.75, 3.05) is 0 Å². The maximum absolute atomic E-state index is 5.43. The Hall–Kier alpha value is -6.55. The van der Waals surface area contributed by atoms with Gasteiger partial charge in [-0.25, -0.2) is 9.97 Å². The van der Waals surface area contributed by atoms with Crippen molar-refractivity contribution in [3.8, 4) is 56.2 Å². The molecule has 9 aromatic rings. The molecule has 8 aromatic carbocycles. The molecule has 54 heavy (non-hydrogen) atoms. The Kier molecular flexibility index (Phi) is 7.05. The van der Waals surface area contributed by atoms with Gasteiger partial charge in [-0.1, -0.05) is 182 Å². The van der Waals surface area contributed by atoms with E-state index in [1.54, 1.807) is 0 Å². The molecule has 3 heteroatoms. The average molecular weight is 705 g/mol. The molecule has 1 aliphatic heterocycles. The Morgan fingerprint density at radius 2 is 0.870 bits per heavy atom. The van der Waals surface area contributed by atoms with Crippen molar-refractivity contribution in [3.05, 3.63) is 216 Å². The number of fused-ring (bicyclic) bond motifs is 10. The fourth-order valence-electron chi connectivity index (χ4n) is 8.86. The number of hydrogen-bond acceptors (Lipinski definition) is 3. The van der Waals surface area contributed by atoms with Crippen LogP contribution in [0.25, 0.3) is 66.9 Å². The van der Waals surface area contributed by atoms with E-state index in [9.17, 15) is 0 Å². The molecule has 0 amide bonds. The number of rotatable bonds is 4. The lowest BCUT2D eigenvalue weighted by Gasteiger charge is -2.39. The van der Waals surface area contributed by atoms with E-state index in [0.717, 1.165) is 28.1 Å². The summed E-state index contributed by atoms with van der Waals surface area (Å²) in [5.41, 5.74) is 14.7. The normalized spacial score (nSPS) is 13.3. The second-order valence-corrected chi connectivity index (χ2v) is 15.1. The van der Waals surface area contributed by atoms with Crippen molar-refractivity contribution in [3.63, 3.8) is 0 Å². The van der Waals surface area contributed by atoms with Gasteiger partial charge in [0.25, 0.3) is 0 Å². The first-order valence-corrected chi connectivity index (χ1v) is 19.2. The molecule has 2 heterocycles. The van der Waals surface area contributed by atoms with E-state index in [-0.39, 0.29) is 0 Å². The van der Waals surface area contributed by atoms with Crippen molar-refractivity contribution >= 4 is 22.5 Å². The van der Waals surface area contributed by atoms with E-state index in [4.69, 9.17) is 9.97 Å². The minimum Gasteiger partial charge on any atom is -0.228 e. The quantitative estimate of drug-likeness (QED) is 0.182. The van der Waals surface area contributed by atoms with Gasteiger partial charge in [0.2, 0.25) is 0 Å². The highest BCUT2D eigenvalue weighted by molar-refractivity contribution is 7.99. The molecule has 1 aromatic heterocycles. The minimum atomic E-state index is -0.469. The van der Waals surface area contributed by atoms with Crippen LogP contribution in [-0.2, 0) is 5.41 Å². The predicted molar refractivity (Wildman–Crippen MR) is 223 cm³/mol. The maximum Gasteiger partial charge on any atom is 0.160 e. The third kappa shape index (κ3) is 4.62. The first-order valence-electron chi connectivity index (χ1n) is 18.4. The second-order valence-electron chi connectivity index (χ2n) is 14.1. The molecule has 0 unspecified atom stereocenters. The summed E-state index contributed by atoms with van der Waals surface area (Å²) in [5.74, 6) is 0.712. The van der Waals surface area contributed by atoms with Gasteiger partial charge in [-0.2, -0.15) is 0 Å². The summed E-state index contributed by atoms with van der Waals surface area (Å²) in [6, 6.07) is 70.1. The fourth-order valence-corrected chi connectivity index (χ4v) is 10.0. The van der Waals surface area contributed by atoms with Crippen molar-refractivity contribution in [2.45, 2.75) is 15.2 Å². The van der Waals surface area contributed by atoms with Crippen LogP contribution >= 0.6 is 11.8 Å². The van der Waals surface area contributed by atoms with Crippen molar-refractivity contribution in [2.24, 2.45) is 0 Å². The van der Waals surface area contributed by atoms with Crippen LogP contribution in [0.15, 0.2) is 204 Å². The van der Waals surface area contributed by atoms with E-state index in [2.05, 4.69) is 194 Å². The largest absolute Gasteiger partial charge is 0.228 e. The van der Waals surface area contributed by atoms with Gasteiger partial charge in [0.1, 0.15) is 0 Å². The SMILES string of the molecule is c1ccc(-c2cc(-c3ccc(-c4ccccc4)c4ccccc34)nc(-c3ccc4c(c3)C3(c5ccccc5S4)c4ccccc4-c4ccccc43)n2)cc1. The lowest BCUT2D eigenvalue weighted by atomic mass is 9.67. The first kappa shape index (κ1) is 31.0. The standard InChI is InChI=1S/C51H32N2S/c1-3-15-33(16-4-1)36-28-29-41(38-20-8-7-19-37(36)38)47-32-46(34-17-5-2-6-18-34)52-50(53-47)35-27-30-49-45(31-35)51(44-25-13-14-26-48(44)54-49)42-23-11-9-21-39(42)40-22-10-12-24-43(40)51/h1-32H. The molecular formula is C51H32N2S. The lowest BCUT2D eigenvalue weighted by Crippen LogP contribution is -2.32. The van der Waals surface area contributed by atoms with Gasteiger partial charge in [0.05, 0.1) is 16.8 Å². The topological polar surface area (TPSA) is 25.8 Å². The highest BCUT2D eigenvalue weighted by Crippen LogP contribution is 2.62. The number of hydrogen-bond donors (Lipinski definition) is 0. The van der Waals surface area contributed by atoms with Gasteiger partial charge in [0, 0.05) is 26.5 Å². The zero-order valence-corrected chi connectivity index (χ0v) is 30.1. The van der Waals surface area contributed by atoms with Crippen LogP contribution in [0.2, 0.25) is 0 Å². The summed E-state index contributed by atoms with van der Waals surface area (Å²) in [7, 11) is 0. The summed E-state index contributed by atoms with van der Waals surface area (Å²) in [6.45, 7) is 0. The van der Waals surface area contributed by atoms with Crippen LogP contribution in [0.4, 0.5) is 0 Å². The van der Waals surface area contributed by atoms with Gasteiger partial charge in [-0.15, -0.1) is 0 Å². The fraction of sp³-hybridized carbons (Fsp3) is 0.0196. The van der Waals surface area contributed by atoms with Crippen LogP contribution in [0.1, 0.15) is 22.3 Å². The number of aromatic nitrogens is 2. The summed E-state index contributed by atoms with van der Waals surface area (Å²) in [6.07, 6.45) is 0. The molecule has 0 saturated carbocycles. The molecular weight excluding hydrogens is 673 g/mol. The summed E-state index contributed by atoms with van der Waals surface area (Å²) >= 11 is 1.86. The molecule has 1 aliphatic carbocycles. The third-order valence-corrected chi connectivity index (χ3v) is 12.3. The molecule has 0 fully saturated rings. The zero-order valence-electron chi connectivity index (χ0n) is 29.3. The summed E-state index contributed by atoms with van der Waals surface area (Å²) in [4.78, 5) is 13.3. The van der Waals surface area contributed by atoms with Crippen LogP contribution in [-0.4, -0.2) is 9.97 Å². The number of benzene rings is 8. The van der Waals surface area contributed by atoms with E-state index in [1.807, 2.05) is 11.8 Å². The van der Waals surface area contributed by atoms with E-state index >= 15 is 0 Å². The molecule has 252 valence electrons. The Morgan fingerprint density at radius 1 is 0.333 bits per heavy atom. The van der Waals surface area contributed by atoms with Crippen molar-refractivity contribution < 1.29 is 0 Å². The van der Waals surface area contributed by atoms with Gasteiger partial charge in [-0.05, 0) is 79.5 Å². The molecule has 0 saturated heterocycles. The molecule has 0 bridgehead atoms. The van der Waals surface area contributed by atoms with E-state index < -0.39 is 5.41 Å². The van der Waals surface area contributed by atoms with Gasteiger partial charge >= 0.3 is 0 Å². The molecule has 1 spiro atoms. The van der Waals surface area contributed by atoms with Gasteiger partial charge in [-0.3, -0.25) is 0 Å². The highest BCUT2D eigenvalue weighted by Gasteiger charge is 2.50. The molecule has 0 N–H and O–H groups in total. The molecule has 0 atom stereocenters. The Bertz CT molecular complexity index is 2870. The molecule has 2 nitrogen and oxygen atoms in total. The van der Waals surface area contributed by atoms with Crippen molar-refractivity contribution in [1.82, 2.24) is 9.97 Å².